The van der Waals surface area contributed by atoms with Crippen LogP contribution < -0.4 is 10.1 Å². The number of hydrogen-bond donors (Lipinski definition) is 1. The summed E-state index contributed by atoms with van der Waals surface area (Å²) < 4.78 is 5.67. The van der Waals surface area contributed by atoms with Gasteiger partial charge in [0, 0.05) is 17.6 Å². The average molecular weight is 233 g/mol. The van der Waals surface area contributed by atoms with Gasteiger partial charge in [0.1, 0.15) is 5.75 Å². The topological polar surface area (TPSA) is 21.3 Å². The van der Waals surface area contributed by atoms with Crippen molar-refractivity contribution in [1.29, 1.82) is 0 Å². The molecule has 1 N–H and O–H groups in total. The van der Waals surface area contributed by atoms with E-state index in [-0.39, 0.29) is 0 Å². The number of para-hydroxylation sites is 1. The molecule has 2 nitrogen and oxygen atoms in total. The zero-order valence-electron chi connectivity index (χ0n) is 11.3. The van der Waals surface area contributed by atoms with Crippen molar-refractivity contribution >= 4 is 0 Å². The highest BCUT2D eigenvalue weighted by Gasteiger charge is 2.46. The minimum absolute atomic E-state index is 0.351. The monoisotopic (exact) mass is 233 g/mol. The normalized spacial score (nSPS) is 23.2. The number of ether oxygens (including phenoxy) is 1. The van der Waals surface area contributed by atoms with Crippen LogP contribution in [0.5, 0.6) is 5.75 Å². The molecule has 1 aromatic carbocycles. The fraction of sp³-hybridized carbons (Fsp3) is 0.600. The van der Waals surface area contributed by atoms with E-state index in [2.05, 4.69) is 44.3 Å². The molecule has 1 aromatic rings. The van der Waals surface area contributed by atoms with Crippen LogP contribution in [0.1, 0.15) is 45.7 Å². The van der Waals surface area contributed by atoms with Gasteiger partial charge in [-0.2, -0.15) is 0 Å². The lowest BCUT2D eigenvalue weighted by atomic mass is 10.1. The van der Waals surface area contributed by atoms with Crippen LogP contribution in [-0.4, -0.2) is 12.6 Å². The Balaban J connectivity index is 2.05. The highest BCUT2D eigenvalue weighted by atomic mass is 16.5. The molecule has 94 valence electrons. The van der Waals surface area contributed by atoms with Gasteiger partial charge in [0.2, 0.25) is 0 Å². The van der Waals surface area contributed by atoms with Crippen molar-refractivity contribution in [2.45, 2.75) is 46.2 Å². The fourth-order valence-electron chi connectivity index (χ4n) is 2.27. The van der Waals surface area contributed by atoms with Crippen LogP contribution in [0.3, 0.4) is 0 Å². The molecule has 0 radical (unpaired) electrons. The van der Waals surface area contributed by atoms with E-state index in [0.29, 0.717) is 17.5 Å². The first kappa shape index (κ1) is 12.4. The first-order valence-corrected chi connectivity index (χ1v) is 6.52. The second-order valence-electron chi connectivity index (χ2n) is 5.60. The van der Waals surface area contributed by atoms with Gasteiger partial charge >= 0.3 is 0 Å². The lowest BCUT2D eigenvalue weighted by Crippen LogP contribution is -2.24. The van der Waals surface area contributed by atoms with Crippen molar-refractivity contribution in [2.24, 2.45) is 5.41 Å². The quantitative estimate of drug-likeness (QED) is 0.840. The molecule has 1 aliphatic carbocycles. The average Bonchev–Trinajstić information content (AvgIpc) is 2.87. The Morgan fingerprint density at radius 1 is 1.41 bits per heavy atom. The van der Waals surface area contributed by atoms with E-state index in [1.807, 2.05) is 13.0 Å². The predicted molar refractivity (Wildman–Crippen MR) is 71.3 cm³/mol. The smallest absolute Gasteiger partial charge is 0.124 e. The Morgan fingerprint density at radius 2 is 2.06 bits per heavy atom. The summed E-state index contributed by atoms with van der Waals surface area (Å²) in [4.78, 5) is 0. The second-order valence-corrected chi connectivity index (χ2v) is 5.60. The third kappa shape index (κ3) is 2.81. The van der Waals surface area contributed by atoms with Crippen LogP contribution >= 0.6 is 0 Å². The first-order valence-electron chi connectivity index (χ1n) is 6.52. The maximum Gasteiger partial charge on any atom is 0.124 e. The number of benzene rings is 1. The van der Waals surface area contributed by atoms with E-state index >= 15 is 0 Å². The van der Waals surface area contributed by atoms with E-state index in [9.17, 15) is 0 Å². The molecule has 1 aliphatic rings. The zero-order chi connectivity index (χ0) is 12.5. The van der Waals surface area contributed by atoms with Crippen LogP contribution in [0.25, 0.3) is 0 Å². The van der Waals surface area contributed by atoms with Crippen molar-refractivity contribution in [3.8, 4) is 5.75 Å². The summed E-state index contributed by atoms with van der Waals surface area (Å²) in [6, 6.07) is 9.31. The molecule has 17 heavy (non-hydrogen) atoms. The van der Waals surface area contributed by atoms with Crippen LogP contribution in [0, 0.1) is 5.41 Å². The van der Waals surface area contributed by atoms with Crippen LogP contribution in [0.4, 0.5) is 0 Å². The summed E-state index contributed by atoms with van der Waals surface area (Å²) in [7, 11) is 0. The lowest BCUT2D eigenvalue weighted by Gasteiger charge is -2.18. The molecule has 2 rings (SSSR count). The maximum atomic E-state index is 5.67. The third-order valence-electron chi connectivity index (χ3n) is 3.65. The molecule has 2 atom stereocenters. The van der Waals surface area contributed by atoms with E-state index < -0.39 is 0 Å². The zero-order valence-corrected chi connectivity index (χ0v) is 11.3. The fourth-order valence-corrected chi connectivity index (χ4v) is 2.27. The van der Waals surface area contributed by atoms with Gasteiger partial charge in [-0.15, -0.1) is 0 Å². The van der Waals surface area contributed by atoms with Gasteiger partial charge in [-0.3, -0.25) is 0 Å². The van der Waals surface area contributed by atoms with Crippen molar-refractivity contribution in [2.75, 3.05) is 6.61 Å². The van der Waals surface area contributed by atoms with Crippen LogP contribution in [0.2, 0.25) is 0 Å². The molecule has 0 saturated heterocycles. The maximum absolute atomic E-state index is 5.67. The minimum Gasteiger partial charge on any atom is -0.494 e. The highest BCUT2D eigenvalue weighted by molar-refractivity contribution is 5.35. The molecule has 0 heterocycles. The SMILES string of the molecule is CCOc1ccccc1C(C)NC1CC1(C)C. The summed E-state index contributed by atoms with van der Waals surface area (Å²) in [5.41, 5.74) is 1.73. The predicted octanol–water partition coefficient (Wildman–Crippen LogP) is 3.53. The van der Waals surface area contributed by atoms with Crippen molar-refractivity contribution in [1.82, 2.24) is 5.32 Å². The van der Waals surface area contributed by atoms with Gasteiger partial charge in [0.05, 0.1) is 6.61 Å². The van der Waals surface area contributed by atoms with Crippen molar-refractivity contribution < 1.29 is 4.74 Å². The Bertz CT molecular complexity index is 386. The Kier molecular flexibility index (Phi) is 3.43. The molecular weight excluding hydrogens is 210 g/mol. The largest absolute Gasteiger partial charge is 0.494 e. The molecule has 0 aliphatic heterocycles. The third-order valence-corrected chi connectivity index (χ3v) is 3.65. The number of nitrogens with one attached hydrogen (secondary N) is 1. The molecular formula is C15H23NO. The Labute approximate surface area is 104 Å². The standard InChI is InChI=1S/C15H23NO/c1-5-17-13-9-7-6-8-12(13)11(2)16-14-10-15(14,3)4/h6-9,11,14,16H,5,10H2,1-4H3. The molecule has 2 heteroatoms. The van der Waals surface area contributed by atoms with Gasteiger partial charge in [-0.05, 0) is 31.7 Å². The second kappa shape index (κ2) is 4.69. The van der Waals surface area contributed by atoms with E-state index in [1.54, 1.807) is 0 Å². The van der Waals surface area contributed by atoms with E-state index in [1.165, 1.54) is 12.0 Å². The van der Waals surface area contributed by atoms with Gasteiger partial charge in [-0.1, -0.05) is 32.0 Å². The summed E-state index contributed by atoms with van der Waals surface area (Å²) in [5, 5.41) is 3.68. The van der Waals surface area contributed by atoms with Gasteiger partial charge in [0.15, 0.2) is 0 Å². The summed E-state index contributed by atoms with van der Waals surface area (Å²) in [6.45, 7) is 9.58. The van der Waals surface area contributed by atoms with E-state index in [0.717, 1.165) is 12.4 Å². The van der Waals surface area contributed by atoms with Gasteiger partial charge in [0.25, 0.3) is 0 Å². The summed E-state index contributed by atoms with van der Waals surface area (Å²) >= 11 is 0. The van der Waals surface area contributed by atoms with Gasteiger partial charge in [-0.25, -0.2) is 0 Å². The minimum atomic E-state index is 0.351. The highest BCUT2D eigenvalue weighted by Crippen LogP contribution is 2.46. The molecule has 0 amide bonds. The van der Waals surface area contributed by atoms with Crippen molar-refractivity contribution in [3.63, 3.8) is 0 Å². The molecule has 0 aromatic heterocycles. The summed E-state index contributed by atoms with van der Waals surface area (Å²) in [6.07, 6.45) is 1.27. The Hall–Kier alpha value is -1.02. The Morgan fingerprint density at radius 3 is 2.65 bits per heavy atom. The van der Waals surface area contributed by atoms with Gasteiger partial charge < -0.3 is 10.1 Å². The molecule has 2 unspecified atom stereocenters. The van der Waals surface area contributed by atoms with E-state index in [4.69, 9.17) is 4.74 Å². The summed E-state index contributed by atoms with van der Waals surface area (Å²) in [5.74, 6) is 1.01. The molecule has 0 spiro atoms. The molecule has 0 bridgehead atoms. The lowest BCUT2D eigenvalue weighted by molar-refractivity contribution is 0.331. The number of rotatable bonds is 5. The van der Waals surface area contributed by atoms with Crippen LogP contribution in [0.15, 0.2) is 24.3 Å². The molecule has 1 fully saturated rings. The van der Waals surface area contributed by atoms with Crippen molar-refractivity contribution in [3.05, 3.63) is 29.8 Å². The first-order chi connectivity index (χ1) is 8.04. The van der Waals surface area contributed by atoms with Crippen LogP contribution in [-0.2, 0) is 0 Å². The molecule has 1 saturated carbocycles. The number of hydrogen-bond acceptors (Lipinski definition) is 2.